The third kappa shape index (κ3) is 6.47. The number of nitrogens with one attached hydrogen (secondary N) is 1. The molecule has 2 amide bonds. The molecule has 1 spiro atoms. The maximum absolute atomic E-state index is 14.0. The summed E-state index contributed by atoms with van der Waals surface area (Å²) in [6.45, 7) is 8.35. The van der Waals surface area contributed by atoms with E-state index in [-0.39, 0.29) is 29.7 Å². The topological polar surface area (TPSA) is 102 Å². The zero-order valence-electron chi connectivity index (χ0n) is 23.7. The number of aliphatic imine (C=N–C) groups is 1. The number of hydrogen-bond acceptors (Lipinski definition) is 5. The normalized spacial score (nSPS) is 22.0. The highest BCUT2D eigenvalue weighted by atomic mass is 19.4. The molecule has 1 heterocycles. The standard InChI is InChI=1S/C31H36F3N3O4/c1-19(20-8-10-21(11-9-20)27(40)35-17-14-25(38)39)37-28(41)26(22-6-5-7-24(18-22)31(32,33)34)36-30(37)15-12-23(13-16-30)29(2,3)4/h5-11,18-19,23H,12-17H2,1-4H3,(H,35,40)(H,38,39)/p-1/t19-,23?,30?/m1/s1. The van der Waals surface area contributed by atoms with Gasteiger partial charge in [0.25, 0.3) is 11.8 Å². The van der Waals surface area contributed by atoms with Gasteiger partial charge in [-0.1, -0.05) is 45.0 Å². The van der Waals surface area contributed by atoms with Gasteiger partial charge in [-0.25, -0.2) is 0 Å². The number of rotatable bonds is 7. The summed E-state index contributed by atoms with van der Waals surface area (Å²) in [5, 5.41) is 13.1. The van der Waals surface area contributed by atoms with Crippen LogP contribution in [-0.4, -0.2) is 40.6 Å². The predicted molar refractivity (Wildman–Crippen MR) is 146 cm³/mol. The number of carboxylic acid groups (broad SMARTS) is 1. The molecule has 2 aliphatic rings. The number of carbonyl (C=O) groups is 3. The maximum atomic E-state index is 14.0. The van der Waals surface area contributed by atoms with Crippen LogP contribution in [-0.2, 0) is 15.8 Å². The van der Waals surface area contributed by atoms with E-state index < -0.39 is 41.2 Å². The molecule has 220 valence electrons. The van der Waals surface area contributed by atoms with Crippen molar-refractivity contribution in [3.63, 3.8) is 0 Å². The van der Waals surface area contributed by atoms with Crippen LogP contribution in [0, 0.1) is 11.3 Å². The first-order valence-electron chi connectivity index (χ1n) is 13.8. The molecule has 0 radical (unpaired) electrons. The van der Waals surface area contributed by atoms with Gasteiger partial charge in [0.1, 0.15) is 11.4 Å². The van der Waals surface area contributed by atoms with Gasteiger partial charge >= 0.3 is 6.18 Å². The molecule has 1 N–H and O–H groups in total. The molecule has 1 saturated carbocycles. The zero-order chi connectivity index (χ0) is 30.2. The molecule has 7 nitrogen and oxygen atoms in total. The maximum Gasteiger partial charge on any atom is 0.416 e. The van der Waals surface area contributed by atoms with Gasteiger partial charge < -0.3 is 20.1 Å². The van der Waals surface area contributed by atoms with Crippen LogP contribution < -0.4 is 10.4 Å². The van der Waals surface area contributed by atoms with E-state index >= 15 is 0 Å². The number of carbonyl (C=O) groups excluding carboxylic acids is 3. The molecule has 10 heteroatoms. The Bertz CT molecular complexity index is 1340. The molecule has 0 unspecified atom stereocenters. The van der Waals surface area contributed by atoms with Crippen molar-refractivity contribution < 1.29 is 32.7 Å². The Morgan fingerprint density at radius 3 is 2.29 bits per heavy atom. The lowest BCUT2D eigenvalue weighted by Crippen LogP contribution is -2.50. The molecule has 0 saturated heterocycles. The smallest absolute Gasteiger partial charge is 0.416 e. The average Bonchev–Trinajstić information content (AvgIpc) is 3.18. The predicted octanol–water partition coefficient (Wildman–Crippen LogP) is 4.90. The molecule has 1 aliphatic heterocycles. The molecule has 0 bridgehead atoms. The van der Waals surface area contributed by atoms with E-state index in [4.69, 9.17) is 4.99 Å². The van der Waals surface area contributed by atoms with Crippen molar-refractivity contribution in [1.29, 1.82) is 0 Å². The van der Waals surface area contributed by atoms with Crippen molar-refractivity contribution in [3.05, 3.63) is 70.8 Å². The largest absolute Gasteiger partial charge is 0.550 e. The first-order chi connectivity index (χ1) is 19.1. The van der Waals surface area contributed by atoms with Crippen molar-refractivity contribution in [2.75, 3.05) is 6.54 Å². The molecule has 1 atom stereocenters. The Balaban J connectivity index is 1.65. The number of aliphatic carboxylic acids is 1. The highest BCUT2D eigenvalue weighted by Crippen LogP contribution is 2.49. The van der Waals surface area contributed by atoms with Crippen LogP contribution in [0.2, 0.25) is 0 Å². The Hall–Kier alpha value is -3.69. The van der Waals surface area contributed by atoms with E-state index in [9.17, 15) is 32.7 Å². The van der Waals surface area contributed by atoms with Gasteiger partial charge in [-0.3, -0.25) is 14.6 Å². The minimum atomic E-state index is -4.55. The minimum absolute atomic E-state index is 0.0288. The summed E-state index contributed by atoms with van der Waals surface area (Å²) in [5.74, 6) is -1.70. The second kappa shape index (κ2) is 11.3. The molecule has 1 fully saturated rings. The molecule has 1 aliphatic carbocycles. The summed E-state index contributed by atoms with van der Waals surface area (Å²) < 4.78 is 40.4. The van der Waals surface area contributed by atoms with Gasteiger partial charge in [0, 0.05) is 30.1 Å². The van der Waals surface area contributed by atoms with Gasteiger partial charge in [-0.15, -0.1) is 0 Å². The minimum Gasteiger partial charge on any atom is -0.550 e. The van der Waals surface area contributed by atoms with E-state index in [1.165, 1.54) is 12.1 Å². The Morgan fingerprint density at radius 2 is 1.73 bits per heavy atom. The molecule has 4 rings (SSSR count). The molecular formula is C31H35F3N3O4-. The van der Waals surface area contributed by atoms with E-state index in [1.807, 2.05) is 6.92 Å². The lowest BCUT2D eigenvalue weighted by Gasteiger charge is -2.46. The van der Waals surface area contributed by atoms with Crippen LogP contribution in [0.1, 0.15) is 92.9 Å². The zero-order valence-corrected chi connectivity index (χ0v) is 23.7. The highest BCUT2D eigenvalue weighted by Gasteiger charge is 2.52. The molecule has 2 aromatic carbocycles. The number of nitrogens with zero attached hydrogens (tertiary/aromatic N) is 2. The van der Waals surface area contributed by atoms with Crippen molar-refractivity contribution >= 4 is 23.5 Å². The Labute approximate surface area is 237 Å². The van der Waals surface area contributed by atoms with Crippen LogP contribution >= 0.6 is 0 Å². The van der Waals surface area contributed by atoms with Gasteiger partial charge in [0.15, 0.2) is 0 Å². The fraction of sp³-hybridized carbons (Fsp3) is 0.484. The van der Waals surface area contributed by atoms with Crippen LogP contribution in [0.3, 0.4) is 0 Å². The third-order valence-electron chi connectivity index (χ3n) is 8.32. The van der Waals surface area contributed by atoms with Crippen molar-refractivity contribution in [2.45, 2.75) is 77.7 Å². The first-order valence-corrected chi connectivity index (χ1v) is 13.8. The molecule has 0 aromatic heterocycles. The van der Waals surface area contributed by atoms with Crippen LogP contribution in [0.5, 0.6) is 0 Å². The van der Waals surface area contributed by atoms with Gasteiger partial charge in [-0.05, 0) is 73.8 Å². The lowest BCUT2D eigenvalue weighted by atomic mass is 9.69. The monoisotopic (exact) mass is 570 g/mol. The molecule has 41 heavy (non-hydrogen) atoms. The van der Waals surface area contributed by atoms with Crippen LogP contribution in [0.4, 0.5) is 13.2 Å². The van der Waals surface area contributed by atoms with Crippen molar-refractivity contribution in [3.8, 4) is 0 Å². The second-order valence-corrected chi connectivity index (χ2v) is 12.0. The van der Waals surface area contributed by atoms with Crippen molar-refractivity contribution in [2.24, 2.45) is 16.3 Å². The number of hydrogen-bond donors (Lipinski definition) is 1. The third-order valence-corrected chi connectivity index (χ3v) is 8.32. The van der Waals surface area contributed by atoms with E-state index in [0.29, 0.717) is 24.3 Å². The number of carboxylic acids is 1. The second-order valence-electron chi connectivity index (χ2n) is 12.0. The summed E-state index contributed by atoms with van der Waals surface area (Å²) in [7, 11) is 0. The summed E-state index contributed by atoms with van der Waals surface area (Å²) in [6.07, 6.45) is -2.02. The highest BCUT2D eigenvalue weighted by molar-refractivity contribution is 6.46. The average molecular weight is 571 g/mol. The van der Waals surface area contributed by atoms with E-state index in [2.05, 4.69) is 26.1 Å². The fourth-order valence-corrected chi connectivity index (χ4v) is 5.92. The summed E-state index contributed by atoms with van der Waals surface area (Å²) >= 11 is 0. The summed E-state index contributed by atoms with van der Waals surface area (Å²) in [6, 6.07) is 10.9. The number of amides is 2. The Morgan fingerprint density at radius 1 is 1.10 bits per heavy atom. The summed E-state index contributed by atoms with van der Waals surface area (Å²) in [4.78, 5) is 43.6. The summed E-state index contributed by atoms with van der Waals surface area (Å²) in [5.41, 5.74) is -0.415. The number of alkyl halides is 3. The van der Waals surface area contributed by atoms with Crippen molar-refractivity contribution in [1.82, 2.24) is 10.2 Å². The van der Waals surface area contributed by atoms with Gasteiger partial charge in [-0.2, -0.15) is 13.2 Å². The fourth-order valence-electron chi connectivity index (χ4n) is 5.92. The number of benzene rings is 2. The Kier molecular flexibility index (Phi) is 8.34. The molecular weight excluding hydrogens is 535 g/mol. The SMILES string of the molecule is C[C@H](c1ccc(C(=O)NCCC(=O)[O-])cc1)N1C(=O)C(c2cccc(C(F)(F)F)c2)=NC12CCC(C(C)(C)C)CC2. The quantitative estimate of drug-likeness (QED) is 0.512. The van der Waals surface area contributed by atoms with Gasteiger partial charge in [0.05, 0.1) is 11.6 Å². The van der Waals surface area contributed by atoms with E-state index in [0.717, 1.165) is 30.5 Å². The number of halogens is 3. The van der Waals surface area contributed by atoms with Crippen LogP contribution in [0.25, 0.3) is 0 Å². The van der Waals surface area contributed by atoms with E-state index in [1.54, 1.807) is 29.2 Å². The van der Waals surface area contributed by atoms with Gasteiger partial charge in [0.2, 0.25) is 0 Å². The van der Waals surface area contributed by atoms with Crippen LogP contribution in [0.15, 0.2) is 53.5 Å². The lowest BCUT2D eigenvalue weighted by molar-refractivity contribution is -0.305. The first kappa shape index (κ1) is 30.3. The molecule has 2 aromatic rings.